The van der Waals surface area contributed by atoms with Crippen LogP contribution in [0.25, 0.3) is 0 Å². The molecule has 0 saturated heterocycles. The summed E-state index contributed by atoms with van der Waals surface area (Å²) in [6.07, 6.45) is -3.44. The first-order chi connectivity index (χ1) is 9.99. The maximum absolute atomic E-state index is 10.2. The van der Waals surface area contributed by atoms with E-state index >= 15 is 0 Å². The molecular formula is C15H14O6. The molecule has 1 heterocycles. The van der Waals surface area contributed by atoms with Crippen molar-refractivity contribution in [3.63, 3.8) is 0 Å². The Morgan fingerprint density at radius 2 is 1.52 bits per heavy atom. The molecule has 0 unspecified atom stereocenters. The number of aliphatic hydroxyl groups is 2. The van der Waals surface area contributed by atoms with Crippen molar-refractivity contribution < 1.29 is 30.3 Å². The minimum atomic E-state index is -1.26. The maximum Gasteiger partial charge on any atom is 0.200 e. The van der Waals surface area contributed by atoms with Crippen LogP contribution >= 0.6 is 0 Å². The average Bonchev–Trinajstić information content (AvgIpc) is 2.48. The molecular weight excluding hydrogens is 276 g/mol. The second-order valence-corrected chi connectivity index (χ2v) is 4.92. The highest BCUT2D eigenvalue weighted by molar-refractivity contribution is 5.56. The maximum atomic E-state index is 10.2. The van der Waals surface area contributed by atoms with E-state index in [1.807, 2.05) is 0 Å². The zero-order valence-corrected chi connectivity index (χ0v) is 10.8. The monoisotopic (exact) mass is 290 g/mol. The second-order valence-electron chi connectivity index (χ2n) is 4.92. The third kappa shape index (κ3) is 2.14. The largest absolute Gasteiger partial charge is 0.508 e. The van der Waals surface area contributed by atoms with E-state index in [0.717, 1.165) is 0 Å². The molecule has 0 amide bonds. The molecule has 1 aliphatic rings. The molecule has 21 heavy (non-hydrogen) atoms. The molecule has 0 spiro atoms. The number of phenolic OH excluding ortho intramolecular Hbond substituents is 3. The molecule has 6 nitrogen and oxygen atoms in total. The van der Waals surface area contributed by atoms with Crippen molar-refractivity contribution in [2.45, 2.75) is 18.3 Å². The first kappa shape index (κ1) is 13.5. The van der Waals surface area contributed by atoms with Crippen LogP contribution in [0.15, 0.2) is 36.4 Å². The van der Waals surface area contributed by atoms with E-state index in [1.165, 1.54) is 24.3 Å². The number of aromatic hydroxyl groups is 3. The molecule has 3 atom stereocenters. The quantitative estimate of drug-likeness (QED) is 0.507. The molecule has 0 aliphatic carbocycles. The van der Waals surface area contributed by atoms with Gasteiger partial charge >= 0.3 is 0 Å². The van der Waals surface area contributed by atoms with E-state index in [2.05, 4.69) is 0 Å². The zero-order valence-electron chi connectivity index (χ0n) is 10.8. The number of fused-ring (bicyclic) bond motifs is 1. The van der Waals surface area contributed by atoms with Crippen LogP contribution < -0.4 is 4.74 Å². The predicted molar refractivity (Wildman–Crippen MR) is 72.2 cm³/mol. The number of benzene rings is 2. The molecule has 0 saturated carbocycles. The molecule has 6 heteroatoms. The van der Waals surface area contributed by atoms with Crippen LogP contribution in [-0.4, -0.2) is 31.6 Å². The average molecular weight is 290 g/mol. The SMILES string of the molecule is Oc1ccc([C@H]2Oc3c(ccc(O)c3O)[C@H](O)[C@H]2O)cc1. The van der Waals surface area contributed by atoms with E-state index < -0.39 is 24.1 Å². The minimum Gasteiger partial charge on any atom is -0.508 e. The summed E-state index contributed by atoms with van der Waals surface area (Å²) < 4.78 is 5.55. The Balaban J connectivity index is 2.06. The van der Waals surface area contributed by atoms with Crippen LogP contribution in [0.1, 0.15) is 23.3 Å². The van der Waals surface area contributed by atoms with Gasteiger partial charge in [0.2, 0.25) is 5.75 Å². The van der Waals surface area contributed by atoms with E-state index in [0.29, 0.717) is 5.56 Å². The van der Waals surface area contributed by atoms with E-state index in [-0.39, 0.29) is 22.8 Å². The lowest BCUT2D eigenvalue weighted by molar-refractivity contribution is -0.0710. The van der Waals surface area contributed by atoms with E-state index in [1.54, 1.807) is 12.1 Å². The van der Waals surface area contributed by atoms with Crippen molar-refractivity contribution in [2.75, 3.05) is 0 Å². The Bertz CT molecular complexity index is 667. The Labute approximate surface area is 120 Å². The molecule has 1 aliphatic heterocycles. The number of hydrogen-bond donors (Lipinski definition) is 5. The van der Waals surface area contributed by atoms with Crippen molar-refractivity contribution >= 4 is 0 Å². The fourth-order valence-electron chi connectivity index (χ4n) is 2.41. The van der Waals surface area contributed by atoms with Crippen molar-refractivity contribution in [2.24, 2.45) is 0 Å². The highest BCUT2D eigenvalue weighted by Gasteiger charge is 2.39. The lowest BCUT2D eigenvalue weighted by Gasteiger charge is -2.34. The summed E-state index contributed by atoms with van der Waals surface area (Å²) in [5.74, 6) is -0.861. The van der Waals surface area contributed by atoms with Crippen molar-refractivity contribution in [1.82, 2.24) is 0 Å². The smallest absolute Gasteiger partial charge is 0.200 e. The third-order valence-electron chi connectivity index (χ3n) is 3.56. The van der Waals surface area contributed by atoms with Gasteiger partial charge in [-0.15, -0.1) is 0 Å². The summed E-state index contributed by atoms with van der Waals surface area (Å²) in [4.78, 5) is 0. The molecule has 110 valence electrons. The number of rotatable bonds is 1. The molecule has 0 aromatic heterocycles. The molecule has 2 aromatic carbocycles. The lowest BCUT2D eigenvalue weighted by atomic mass is 9.92. The minimum absolute atomic E-state index is 0.0606. The lowest BCUT2D eigenvalue weighted by Crippen LogP contribution is -2.34. The highest BCUT2D eigenvalue weighted by Crippen LogP contribution is 2.48. The van der Waals surface area contributed by atoms with Crippen LogP contribution in [0.3, 0.4) is 0 Å². The Hall–Kier alpha value is -2.44. The number of phenols is 3. The van der Waals surface area contributed by atoms with E-state index in [4.69, 9.17) is 4.74 Å². The summed E-state index contributed by atoms with van der Waals surface area (Å²) in [6.45, 7) is 0. The molecule has 3 rings (SSSR count). The van der Waals surface area contributed by atoms with Crippen LogP contribution in [0.4, 0.5) is 0 Å². The van der Waals surface area contributed by atoms with Crippen LogP contribution in [0, 0.1) is 0 Å². The topological polar surface area (TPSA) is 110 Å². The van der Waals surface area contributed by atoms with Crippen LogP contribution in [0.5, 0.6) is 23.0 Å². The van der Waals surface area contributed by atoms with Gasteiger partial charge in [-0.3, -0.25) is 0 Å². The standard InChI is InChI=1S/C15H14O6/c16-8-3-1-7(2-4-8)14-13(20)11(18)9-5-6-10(17)12(19)15(9)21-14/h1-6,11,13-14,16-20H/t11-,13+,14+/m0/s1. The van der Waals surface area contributed by atoms with Gasteiger partial charge in [0, 0.05) is 5.56 Å². The Kier molecular flexibility index (Phi) is 3.12. The fraction of sp³-hybridized carbons (Fsp3) is 0.200. The summed E-state index contributed by atoms with van der Waals surface area (Å²) in [7, 11) is 0. The third-order valence-corrected chi connectivity index (χ3v) is 3.56. The van der Waals surface area contributed by atoms with Gasteiger partial charge in [0.05, 0.1) is 0 Å². The number of ether oxygens (including phenoxy) is 1. The highest BCUT2D eigenvalue weighted by atomic mass is 16.5. The molecule has 5 N–H and O–H groups in total. The summed E-state index contributed by atoms with van der Waals surface area (Å²) in [5.41, 5.74) is 0.723. The fourth-order valence-corrected chi connectivity index (χ4v) is 2.41. The van der Waals surface area contributed by atoms with Crippen LogP contribution in [0.2, 0.25) is 0 Å². The van der Waals surface area contributed by atoms with Gasteiger partial charge in [0.1, 0.15) is 18.0 Å². The Morgan fingerprint density at radius 3 is 2.19 bits per heavy atom. The summed E-state index contributed by atoms with van der Waals surface area (Å²) >= 11 is 0. The number of aliphatic hydroxyl groups excluding tert-OH is 2. The van der Waals surface area contributed by atoms with Crippen molar-refractivity contribution in [1.29, 1.82) is 0 Å². The molecule has 0 bridgehead atoms. The van der Waals surface area contributed by atoms with Crippen molar-refractivity contribution in [3.05, 3.63) is 47.5 Å². The van der Waals surface area contributed by atoms with E-state index in [9.17, 15) is 25.5 Å². The first-order valence-corrected chi connectivity index (χ1v) is 6.35. The van der Waals surface area contributed by atoms with Gasteiger partial charge < -0.3 is 30.3 Å². The van der Waals surface area contributed by atoms with Crippen LogP contribution in [-0.2, 0) is 0 Å². The van der Waals surface area contributed by atoms with Gasteiger partial charge in [-0.2, -0.15) is 0 Å². The van der Waals surface area contributed by atoms with Gasteiger partial charge in [-0.1, -0.05) is 12.1 Å². The Morgan fingerprint density at radius 1 is 0.857 bits per heavy atom. The normalized spacial score (nSPS) is 24.2. The summed E-state index contributed by atoms with van der Waals surface area (Å²) in [6, 6.07) is 8.53. The van der Waals surface area contributed by atoms with Gasteiger partial charge in [0.15, 0.2) is 17.6 Å². The molecule has 2 aromatic rings. The predicted octanol–water partition coefficient (Wildman–Crippen LogP) is 1.33. The molecule has 0 fully saturated rings. The molecule has 0 radical (unpaired) electrons. The van der Waals surface area contributed by atoms with Gasteiger partial charge in [0.25, 0.3) is 0 Å². The second kappa shape index (κ2) is 4.83. The van der Waals surface area contributed by atoms with Gasteiger partial charge in [-0.05, 0) is 29.8 Å². The van der Waals surface area contributed by atoms with Gasteiger partial charge in [-0.25, -0.2) is 0 Å². The summed E-state index contributed by atoms with van der Waals surface area (Å²) in [5, 5.41) is 49.0. The number of hydrogen-bond acceptors (Lipinski definition) is 6. The first-order valence-electron chi connectivity index (χ1n) is 6.35. The zero-order chi connectivity index (χ0) is 15.1. The van der Waals surface area contributed by atoms with Crippen molar-refractivity contribution in [3.8, 4) is 23.0 Å².